The number of carbonyl (C=O) groups is 1. The summed E-state index contributed by atoms with van der Waals surface area (Å²) in [7, 11) is 5.83. The quantitative estimate of drug-likeness (QED) is 0.566. The Morgan fingerprint density at radius 3 is 2.27 bits per heavy atom. The van der Waals surface area contributed by atoms with Crippen LogP contribution in [0.1, 0.15) is 10.4 Å². The van der Waals surface area contributed by atoms with Crippen LogP contribution in [0.15, 0.2) is 29.3 Å². The molecule has 0 spiro atoms. The van der Waals surface area contributed by atoms with Crippen molar-refractivity contribution in [1.82, 2.24) is 4.57 Å². The molecular weight excluding hydrogens is 418 g/mol. The van der Waals surface area contributed by atoms with Crippen LogP contribution in [0, 0.1) is 11.6 Å². The minimum atomic E-state index is -0.737. The number of hydrogen-bond acceptors (Lipinski definition) is 6. The number of aromatic nitrogens is 1. The van der Waals surface area contributed by atoms with E-state index in [0.717, 1.165) is 17.4 Å². The highest BCUT2D eigenvalue weighted by atomic mass is 32.1. The van der Waals surface area contributed by atoms with Gasteiger partial charge in [-0.1, -0.05) is 11.3 Å². The van der Waals surface area contributed by atoms with Gasteiger partial charge in [0.2, 0.25) is 5.75 Å². The summed E-state index contributed by atoms with van der Waals surface area (Å²) in [6.45, 7) is 0.495. The molecule has 0 fully saturated rings. The third-order valence-electron chi connectivity index (χ3n) is 4.32. The van der Waals surface area contributed by atoms with Gasteiger partial charge in [0.15, 0.2) is 22.1 Å². The highest BCUT2D eigenvalue weighted by Crippen LogP contribution is 2.38. The molecular formula is C20H20F2N2O5S. The van der Waals surface area contributed by atoms with E-state index in [2.05, 4.69) is 4.99 Å². The molecule has 0 N–H and O–H groups in total. The average molecular weight is 438 g/mol. The largest absolute Gasteiger partial charge is 0.493 e. The van der Waals surface area contributed by atoms with Crippen molar-refractivity contribution in [2.24, 2.45) is 4.99 Å². The van der Waals surface area contributed by atoms with E-state index in [-0.39, 0.29) is 29.0 Å². The van der Waals surface area contributed by atoms with E-state index in [9.17, 15) is 13.6 Å². The van der Waals surface area contributed by atoms with Gasteiger partial charge in [-0.2, -0.15) is 4.99 Å². The van der Waals surface area contributed by atoms with Gasteiger partial charge in [-0.3, -0.25) is 4.79 Å². The zero-order valence-corrected chi connectivity index (χ0v) is 17.6. The van der Waals surface area contributed by atoms with Gasteiger partial charge >= 0.3 is 0 Å². The third kappa shape index (κ3) is 4.14. The molecule has 0 unspecified atom stereocenters. The van der Waals surface area contributed by atoms with Crippen LogP contribution < -0.4 is 19.0 Å². The summed E-state index contributed by atoms with van der Waals surface area (Å²) >= 11 is 1.01. The normalized spacial score (nSPS) is 11.7. The predicted octanol–water partition coefficient (Wildman–Crippen LogP) is 3.39. The van der Waals surface area contributed by atoms with Crippen LogP contribution in [0.3, 0.4) is 0 Å². The first-order valence-electron chi connectivity index (χ1n) is 8.79. The number of fused-ring (bicyclic) bond motifs is 1. The topological polar surface area (TPSA) is 71.3 Å². The van der Waals surface area contributed by atoms with Crippen molar-refractivity contribution in [3.8, 4) is 17.2 Å². The number of benzene rings is 2. The Kier molecular flexibility index (Phi) is 6.68. The van der Waals surface area contributed by atoms with Gasteiger partial charge in [-0.05, 0) is 18.2 Å². The number of carbonyl (C=O) groups excluding carboxylic acids is 1. The van der Waals surface area contributed by atoms with E-state index in [4.69, 9.17) is 18.9 Å². The van der Waals surface area contributed by atoms with E-state index in [1.807, 2.05) is 0 Å². The van der Waals surface area contributed by atoms with Crippen LogP contribution in [0.2, 0.25) is 0 Å². The number of hydrogen-bond donors (Lipinski definition) is 0. The maximum atomic E-state index is 14.4. The van der Waals surface area contributed by atoms with Crippen molar-refractivity contribution in [3.63, 3.8) is 0 Å². The molecule has 10 heteroatoms. The molecule has 0 aliphatic rings. The Balaban J connectivity index is 2.17. The van der Waals surface area contributed by atoms with Crippen LogP contribution in [0.4, 0.5) is 8.78 Å². The highest BCUT2D eigenvalue weighted by Gasteiger charge is 2.18. The zero-order valence-electron chi connectivity index (χ0n) is 16.8. The fourth-order valence-electron chi connectivity index (χ4n) is 2.96. The fraction of sp³-hybridized carbons (Fsp3) is 0.300. The van der Waals surface area contributed by atoms with E-state index >= 15 is 0 Å². The van der Waals surface area contributed by atoms with Crippen LogP contribution in [0.5, 0.6) is 17.2 Å². The number of amides is 1. The summed E-state index contributed by atoms with van der Waals surface area (Å²) in [4.78, 5) is 17.2. The molecule has 0 saturated heterocycles. The third-order valence-corrected chi connectivity index (χ3v) is 5.35. The Morgan fingerprint density at radius 1 is 1.03 bits per heavy atom. The van der Waals surface area contributed by atoms with Crippen molar-refractivity contribution in [1.29, 1.82) is 0 Å². The minimum Gasteiger partial charge on any atom is -0.493 e. The molecule has 2 aromatic carbocycles. The van der Waals surface area contributed by atoms with Crippen LogP contribution in [-0.2, 0) is 11.3 Å². The SMILES string of the molecule is COCCn1c(=NC(=O)c2cc(OC)c(OC)c(OC)c2)sc2cc(F)cc(F)c21. The van der Waals surface area contributed by atoms with Crippen molar-refractivity contribution in [3.05, 3.63) is 46.3 Å². The molecule has 0 radical (unpaired) electrons. The lowest BCUT2D eigenvalue weighted by molar-refractivity contribution is 0.0996. The number of nitrogens with zero attached hydrogens (tertiary/aromatic N) is 2. The molecule has 7 nitrogen and oxygen atoms in total. The Morgan fingerprint density at radius 2 is 1.70 bits per heavy atom. The van der Waals surface area contributed by atoms with Crippen molar-refractivity contribution < 1.29 is 32.5 Å². The van der Waals surface area contributed by atoms with Crippen LogP contribution in [0.25, 0.3) is 10.2 Å². The maximum absolute atomic E-state index is 14.4. The van der Waals surface area contributed by atoms with Gasteiger partial charge in [0.25, 0.3) is 5.91 Å². The molecule has 30 heavy (non-hydrogen) atoms. The summed E-state index contributed by atoms with van der Waals surface area (Å²) in [5, 5.41) is 0. The molecule has 1 heterocycles. The Hall–Kier alpha value is -2.98. The van der Waals surface area contributed by atoms with Crippen LogP contribution in [-0.4, -0.2) is 45.5 Å². The number of rotatable bonds is 7. The van der Waals surface area contributed by atoms with Gasteiger partial charge in [0, 0.05) is 25.3 Å². The maximum Gasteiger partial charge on any atom is 0.279 e. The van der Waals surface area contributed by atoms with Gasteiger partial charge < -0.3 is 23.5 Å². The zero-order chi connectivity index (χ0) is 21.8. The number of halogens is 2. The first-order valence-corrected chi connectivity index (χ1v) is 9.61. The lowest BCUT2D eigenvalue weighted by atomic mass is 10.1. The van der Waals surface area contributed by atoms with E-state index in [1.54, 1.807) is 0 Å². The molecule has 160 valence electrons. The second kappa shape index (κ2) is 9.23. The smallest absolute Gasteiger partial charge is 0.279 e. The lowest BCUT2D eigenvalue weighted by Crippen LogP contribution is -2.20. The fourth-order valence-corrected chi connectivity index (χ4v) is 4.05. The first kappa shape index (κ1) is 21.7. The molecule has 0 aliphatic carbocycles. The highest BCUT2D eigenvalue weighted by molar-refractivity contribution is 7.16. The van der Waals surface area contributed by atoms with E-state index in [1.165, 1.54) is 51.2 Å². The van der Waals surface area contributed by atoms with Gasteiger partial charge in [0.05, 0.1) is 38.2 Å². The van der Waals surface area contributed by atoms with Gasteiger partial charge in [-0.15, -0.1) is 0 Å². The number of thiazole rings is 1. The van der Waals surface area contributed by atoms with Gasteiger partial charge in [-0.25, -0.2) is 8.78 Å². The van der Waals surface area contributed by atoms with E-state index in [0.29, 0.717) is 21.9 Å². The number of methoxy groups -OCH3 is 4. The monoisotopic (exact) mass is 438 g/mol. The Labute approximate surface area is 175 Å². The second-order valence-corrected chi connectivity index (χ2v) is 7.10. The predicted molar refractivity (Wildman–Crippen MR) is 108 cm³/mol. The first-order chi connectivity index (χ1) is 14.4. The Bertz CT molecular complexity index is 1130. The molecule has 1 aromatic heterocycles. The molecule has 0 aliphatic heterocycles. The molecule has 0 atom stereocenters. The summed E-state index contributed by atoms with van der Waals surface area (Å²) in [6.07, 6.45) is 0. The van der Waals surface area contributed by atoms with Crippen LogP contribution >= 0.6 is 11.3 Å². The lowest BCUT2D eigenvalue weighted by Gasteiger charge is -2.12. The number of ether oxygens (including phenoxy) is 4. The van der Waals surface area contributed by atoms with E-state index < -0.39 is 17.5 Å². The summed E-state index contributed by atoms with van der Waals surface area (Å²) in [6, 6.07) is 4.94. The summed E-state index contributed by atoms with van der Waals surface area (Å²) in [5.41, 5.74) is 0.349. The van der Waals surface area contributed by atoms with Crippen molar-refractivity contribution in [2.75, 3.05) is 35.0 Å². The average Bonchev–Trinajstić information content (AvgIpc) is 3.07. The van der Waals surface area contributed by atoms with Crippen molar-refractivity contribution in [2.45, 2.75) is 6.54 Å². The minimum absolute atomic E-state index is 0.162. The summed E-state index contributed by atoms with van der Waals surface area (Å²) < 4.78 is 50.8. The molecule has 1 amide bonds. The van der Waals surface area contributed by atoms with Gasteiger partial charge in [0.1, 0.15) is 5.82 Å². The molecule has 3 rings (SSSR count). The second-order valence-electron chi connectivity index (χ2n) is 6.09. The van der Waals surface area contributed by atoms with Crippen molar-refractivity contribution >= 4 is 27.5 Å². The molecule has 3 aromatic rings. The standard InChI is InChI=1S/C20H20F2N2O5S/c1-26-6-5-24-17-13(22)9-12(21)10-16(17)30-20(24)23-19(25)11-7-14(27-2)18(29-4)15(8-11)28-3/h7-10H,5-6H2,1-4H3. The summed E-state index contributed by atoms with van der Waals surface area (Å²) in [5.74, 6) is -1.11. The molecule has 0 bridgehead atoms. The molecule has 0 saturated carbocycles.